The molecule has 1 heterocycles. The van der Waals surface area contributed by atoms with Gasteiger partial charge >= 0.3 is 0 Å². The summed E-state index contributed by atoms with van der Waals surface area (Å²) in [5, 5.41) is 3.65. The largest absolute Gasteiger partial charge is 0.491 e. The zero-order chi connectivity index (χ0) is 19.2. The SMILES string of the molecule is CCCOc1ccc(NC(=O)[C@@H](C)Oc2ccc(F)cc2)c2cccnc12. The summed E-state index contributed by atoms with van der Waals surface area (Å²) in [6.45, 7) is 4.27. The standard InChI is InChI=1S/C21H21FN2O3/c1-3-13-26-19-11-10-18(17-5-4-12-23-20(17)19)24-21(25)14(2)27-16-8-6-15(22)7-9-16/h4-12,14H,3,13H2,1-2H3,(H,24,25)/t14-/m1/s1. The van der Waals surface area contributed by atoms with Crippen molar-refractivity contribution in [2.45, 2.75) is 26.4 Å². The Labute approximate surface area is 157 Å². The summed E-state index contributed by atoms with van der Waals surface area (Å²) in [4.78, 5) is 16.9. The molecule has 5 nitrogen and oxygen atoms in total. The quantitative estimate of drug-likeness (QED) is 0.664. The van der Waals surface area contributed by atoms with Crippen molar-refractivity contribution in [2.24, 2.45) is 0 Å². The maximum Gasteiger partial charge on any atom is 0.265 e. The number of nitrogens with one attached hydrogen (secondary N) is 1. The molecule has 0 saturated carbocycles. The third-order valence-corrected chi connectivity index (χ3v) is 3.95. The number of hydrogen-bond acceptors (Lipinski definition) is 4. The van der Waals surface area contributed by atoms with Crippen LogP contribution in [0.3, 0.4) is 0 Å². The van der Waals surface area contributed by atoms with E-state index in [2.05, 4.69) is 10.3 Å². The van der Waals surface area contributed by atoms with Crippen LogP contribution in [0.4, 0.5) is 10.1 Å². The summed E-state index contributed by atoms with van der Waals surface area (Å²) in [7, 11) is 0. The van der Waals surface area contributed by atoms with E-state index < -0.39 is 6.10 Å². The molecule has 0 aliphatic rings. The van der Waals surface area contributed by atoms with E-state index >= 15 is 0 Å². The van der Waals surface area contributed by atoms with Gasteiger partial charge in [-0.3, -0.25) is 9.78 Å². The highest BCUT2D eigenvalue weighted by atomic mass is 19.1. The number of benzene rings is 2. The van der Waals surface area contributed by atoms with Crippen molar-refractivity contribution in [2.75, 3.05) is 11.9 Å². The van der Waals surface area contributed by atoms with Crippen LogP contribution in [0.15, 0.2) is 54.7 Å². The van der Waals surface area contributed by atoms with Crippen molar-refractivity contribution in [3.63, 3.8) is 0 Å². The van der Waals surface area contributed by atoms with E-state index in [0.717, 1.165) is 11.8 Å². The maximum absolute atomic E-state index is 13.0. The minimum atomic E-state index is -0.752. The predicted octanol–water partition coefficient (Wildman–Crippen LogP) is 4.57. The van der Waals surface area contributed by atoms with Gasteiger partial charge in [0.15, 0.2) is 6.10 Å². The van der Waals surface area contributed by atoms with Crippen molar-refractivity contribution in [3.05, 3.63) is 60.5 Å². The second-order valence-corrected chi connectivity index (χ2v) is 6.06. The monoisotopic (exact) mass is 368 g/mol. The Hall–Kier alpha value is -3.15. The molecule has 1 atom stereocenters. The minimum Gasteiger partial charge on any atom is -0.491 e. The van der Waals surface area contributed by atoms with Crippen LogP contribution >= 0.6 is 0 Å². The lowest BCUT2D eigenvalue weighted by molar-refractivity contribution is -0.122. The van der Waals surface area contributed by atoms with Crippen molar-refractivity contribution < 1.29 is 18.7 Å². The average molecular weight is 368 g/mol. The highest BCUT2D eigenvalue weighted by molar-refractivity contribution is 6.04. The molecule has 0 spiro atoms. The van der Waals surface area contributed by atoms with E-state index in [4.69, 9.17) is 9.47 Å². The Morgan fingerprint density at radius 2 is 1.96 bits per heavy atom. The Morgan fingerprint density at radius 1 is 1.19 bits per heavy atom. The van der Waals surface area contributed by atoms with Gasteiger partial charge in [-0.2, -0.15) is 0 Å². The summed E-state index contributed by atoms with van der Waals surface area (Å²) in [5.41, 5.74) is 1.32. The number of halogens is 1. The predicted molar refractivity (Wildman–Crippen MR) is 103 cm³/mol. The number of carbonyl (C=O) groups is 1. The number of nitrogens with zero attached hydrogens (tertiary/aromatic N) is 1. The summed E-state index contributed by atoms with van der Waals surface area (Å²) in [5.74, 6) is 0.436. The van der Waals surface area contributed by atoms with Gasteiger partial charge in [0.05, 0.1) is 12.3 Å². The van der Waals surface area contributed by atoms with Crippen LogP contribution in [0.2, 0.25) is 0 Å². The molecule has 0 aliphatic heterocycles. The molecular formula is C21H21FN2O3. The van der Waals surface area contributed by atoms with Crippen molar-refractivity contribution >= 4 is 22.5 Å². The highest BCUT2D eigenvalue weighted by Gasteiger charge is 2.17. The lowest BCUT2D eigenvalue weighted by Crippen LogP contribution is -2.30. The molecular weight excluding hydrogens is 347 g/mol. The number of anilines is 1. The number of rotatable bonds is 7. The van der Waals surface area contributed by atoms with Gasteiger partial charge < -0.3 is 14.8 Å². The molecule has 0 unspecified atom stereocenters. The number of pyridine rings is 1. The average Bonchev–Trinajstić information content (AvgIpc) is 2.69. The molecule has 140 valence electrons. The first-order valence-electron chi connectivity index (χ1n) is 8.82. The van der Waals surface area contributed by atoms with Crippen LogP contribution in [0, 0.1) is 5.82 Å². The lowest BCUT2D eigenvalue weighted by atomic mass is 10.1. The number of amides is 1. The second kappa shape index (κ2) is 8.49. The van der Waals surface area contributed by atoms with Crippen molar-refractivity contribution in [3.8, 4) is 11.5 Å². The number of fused-ring (bicyclic) bond motifs is 1. The Morgan fingerprint density at radius 3 is 2.70 bits per heavy atom. The van der Waals surface area contributed by atoms with Crippen LogP contribution in [-0.2, 0) is 4.79 Å². The molecule has 0 saturated heterocycles. The first-order chi connectivity index (χ1) is 13.1. The minimum absolute atomic E-state index is 0.313. The number of carbonyl (C=O) groups excluding carboxylic acids is 1. The zero-order valence-electron chi connectivity index (χ0n) is 15.2. The van der Waals surface area contributed by atoms with Gasteiger partial charge in [-0.25, -0.2) is 4.39 Å². The third-order valence-electron chi connectivity index (χ3n) is 3.95. The number of aromatic nitrogens is 1. The van der Waals surface area contributed by atoms with Crippen LogP contribution in [0.25, 0.3) is 10.9 Å². The van der Waals surface area contributed by atoms with Gasteiger partial charge in [-0.1, -0.05) is 6.92 Å². The van der Waals surface area contributed by atoms with Gasteiger partial charge in [0.25, 0.3) is 5.91 Å². The Kier molecular flexibility index (Phi) is 5.86. The summed E-state index contributed by atoms with van der Waals surface area (Å²) in [6, 6.07) is 12.8. The van der Waals surface area contributed by atoms with Gasteiger partial charge in [-0.05, 0) is 61.9 Å². The molecule has 1 N–H and O–H groups in total. The van der Waals surface area contributed by atoms with E-state index in [1.807, 2.05) is 13.0 Å². The summed E-state index contributed by atoms with van der Waals surface area (Å²) in [6.07, 6.45) is 1.83. The molecule has 1 aromatic heterocycles. The van der Waals surface area contributed by atoms with Gasteiger partial charge in [0, 0.05) is 11.6 Å². The van der Waals surface area contributed by atoms with E-state index in [9.17, 15) is 9.18 Å². The van der Waals surface area contributed by atoms with Crippen LogP contribution < -0.4 is 14.8 Å². The molecule has 0 fully saturated rings. The molecule has 3 aromatic rings. The van der Waals surface area contributed by atoms with Gasteiger partial charge in [-0.15, -0.1) is 0 Å². The third kappa shape index (κ3) is 4.53. The van der Waals surface area contributed by atoms with Crippen LogP contribution in [0.1, 0.15) is 20.3 Å². The fourth-order valence-electron chi connectivity index (χ4n) is 2.59. The zero-order valence-corrected chi connectivity index (χ0v) is 15.2. The topological polar surface area (TPSA) is 60.5 Å². The first-order valence-corrected chi connectivity index (χ1v) is 8.82. The Bertz CT molecular complexity index is 928. The summed E-state index contributed by atoms with van der Waals surface area (Å²) < 4.78 is 24.3. The van der Waals surface area contributed by atoms with Crippen LogP contribution in [-0.4, -0.2) is 23.6 Å². The molecule has 0 radical (unpaired) electrons. The van der Waals surface area contributed by atoms with Crippen LogP contribution in [0.5, 0.6) is 11.5 Å². The van der Waals surface area contributed by atoms with Gasteiger partial charge in [0.2, 0.25) is 0 Å². The smallest absolute Gasteiger partial charge is 0.265 e. The van der Waals surface area contributed by atoms with Crippen molar-refractivity contribution in [1.29, 1.82) is 0 Å². The Balaban J connectivity index is 1.77. The second-order valence-electron chi connectivity index (χ2n) is 6.06. The van der Waals surface area contributed by atoms with E-state index in [1.165, 1.54) is 24.3 Å². The molecule has 0 aliphatic carbocycles. The fraction of sp³-hybridized carbons (Fsp3) is 0.238. The normalized spacial score (nSPS) is 11.8. The lowest BCUT2D eigenvalue weighted by Gasteiger charge is -2.16. The molecule has 1 amide bonds. The van der Waals surface area contributed by atoms with Gasteiger partial charge in [0.1, 0.15) is 22.8 Å². The fourth-order valence-corrected chi connectivity index (χ4v) is 2.59. The first kappa shape index (κ1) is 18.6. The summed E-state index contributed by atoms with van der Waals surface area (Å²) >= 11 is 0. The molecule has 3 rings (SSSR count). The maximum atomic E-state index is 13.0. The molecule has 2 aromatic carbocycles. The molecule has 0 bridgehead atoms. The number of ether oxygens (including phenoxy) is 2. The van der Waals surface area contributed by atoms with E-state index in [0.29, 0.717) is 29.3 Å². The molecule has 6 heteroatoms. The number of hydrogen-bond donors (Lipinski definition) is 1. The molecule has 27 heavy (non-hydrogen) atoms. The van der Waals surface area contributed by atoms with E-state index in [1.54, 1.807) is 31.3 Å². The van der Waals surface area contributed by atoms with Crippen molar-refractivity contribution in [1.82, 2.24) is 4.98 Å². The van der Waals surface area contributed by atoms with E-state index in [-0.39, 0.29) is 11.7 Å². The highest BCUT2D eigenvalue weighted by Crippen LogP contribution is 2.30.